The van der Waals surface area contributed by atoms with E-state index >= 15 is 0 Å². The molecule has 0 radical (unpaired) electrons. The zero-order valence-corrected chi connectivity index (χ0v) is 13.8. The maximum Gasteiger partial charge on any atom is 0.240 e. The first kappa shape index (κ1) is 17.9. The van der Waals surface area contributed by atoms with Crippen LogP contribution in [-0.4, -0.2) is 26.2 Å². The Labute approximate surface area is 131 Å². The Morgan fingerprint density at radius 3 is 2.43 bits per heavy atom. The highest BCUT2D eigenvalue weighted by Gasteiger charge is 2.16. The molecule has 0 aliphatic heterocycles. The summed E-state index contributed by atoms with van der Waals surface area (Å²) in [6.07, 6.45) is 1.67. The molecular weight excluding hydrogens is 312 g/mol. The Bertz CT molecular complexity index is 558. The maximum absolute atomic E-state index is 12.1. The van der Waals surface area contributed by atoms with Gasteiger partial charge in [0, 0.05) is 24.0 Å². The summed E-state index contributed by atoms with van der Waals surface area (Å²) in [4.78, 5) is 11.7. The number of hydrogen-bond acceptors (Lipinski definition) is 3. The van der Waals surface area contributed by atoms with Gasteiger partial charge in [-0.1, -0.05) is 6.92 Å². The van der Waals surface area contributed by atoms with E-state index in [0.29, 0.717) is 30.8 Å². The number of amides is 1. The van der Waals surface area contributed by atoms with E-state index in [-0.39, 0.29) is 16.8 Å². The van der Waals surface area contributed by atoms with Gasteiger partial charge in [0.2, 0.25) is 15.9 Å². The number of anilines is 1. The highest BCUT2D eigenvalue weighted by atomic mass is 35.5. The normalized spacial score (nSPS) is 12.9. The summed E-state index contributed by atoms with van der Waals surface area (Å²) in [5.41, 5.74) is 0.567. The third-order valence-corrected chi connectivity index (χ3v) is 4.83. The predicted molar refractivity (Wildman–Crippen MR) is 85.1 cm³/mol. The van der Waals surface area contributed by atoms with Crippen LogP contribution < -0.4 is 10.0 Å². The fraction of sp³-hybridized carbons (Fsp3) is 0.500. The number of carbonyl (C=O) groups is 1. The van der Waals surface area contributed by atoms with Crippen molar-refractivity contribution in [2.24, 2.45) is 0 Å². The van der Waals surface area contributed by atoms with E-state index in [4.69, 9.17) is 11.6 Å². The molecule has 2 N–H and O–H groups in total. The van der Waals surface area contributed by atoms with Crippen molar-refractivity contribution in [3.63, 3.8) is 0 Å². The third-order valence-electron chi connectivity index (χ3n) is 2.95. The van der Waals surface area contributed by atoms with Crippen molar-refractivity contribution < 1.29 is 13.2 Å². The summed E-state index contributed by atoms with van der Waals surface area (Å²) in [7, 11) is -3.51. The molecule has 0 fully saturated rings. The average molecular weight is 333 g/mol. The van der Waals surface area contributed by atoms with Gasteiger partial charge in [0.25, 0.3) is 0 Å². The summed E-state index contributed by atoms with van der Waals surface area (Å²) < 4.78 is 26.7. The van der Waals surface area contributed by atoms with Crippen molar-refractivity contribution >= 4 is 33.2 Å². The van der Waals surface area contributed by atoms with E-state index in [0.717, 1.165) is 0 Å². The number of sulfonamides is 1. The first-order chi connectivity index (χ1) is 9.89. The van der Waals surface area contributed by atoms with Crippen LogP contribution in [0.15, 0.2) is 29.2 Å². The largest absolute Gasteiger partial charge is 0.326 e. The third kappa shape index (κ3) is 6.03. The molecule has 0 aromatic heterocycles. The van der Waals surface area contributed by atoms with Crippen LogP contribution in [0.4, 0.5) is 5.69 Å². The van der Waals surface area contributed by atoms with E-state index in [1.54, 1.807) is 12.1 Å². The second kappa shape index (κ2) is 8.36. The second-order valence-electron chi connectivity index (χ2n) is 4.80. The van der Waals surface area contributed by atoms with Crippen molar-refractivity contribution in [3.05, 3.63) is 24.3 Å². The van der Waals surface area contributed by atoms with E-state index in [1.807, 2.05) is 13.8 Å². The van der Waals surface area contributed by atoms with E-state index in [1.165, 1.54) is 12.1 Å². The number of hydrogen-bond donors (Lipinski definition) is 2. The molecule has 1 aromatic rings. The lowest BCUT2D eigenvalue weighted by molar-refractivity contribution is -0.116. The lowest BCUT2D eigenvalue weighted by Gasteiger charge is -2.12. The molecule has 1 amide bonds. The Morgan fingerprint density at radius 1 is 1.29 bits per heavy atom. The van der Waals surface area contributed by atoms with Gasteiger partial charge in [0.15, 0.2) is 0 Å². The fourth-order valence-corrected chi connectivity index (χ4v) is 3.05. The van der Waals surface area contributed by atoms with Crippen molar-refractivity contribution in [2.75, 3.05) is 11.2 Å². The SMILES string of the molecule is CCC(C)NS(=O)(=O)c1ccc(NC(=O)CCCCl)cc1. The molecule has 21 heavy (non-hydrogen) atoms. The molecule has 7 heteroatoms. The highest BCUT2D eigenvalue weighted by molar-refractivity contribution is 7.89. The number of halogens is 1. The summed E-state index contributed by atoms with van der Waals surface area (Å²) in [5.74, 6) is 0.301. The van der Waals surface area contributed by atoms with Gasteiger partial charge in [0.1, 0.15) is 0 Å². The van der Waals surface area contributed by atoms with Crippen LogP contribution in [0, 0.1) is 0 Å². The Kier molecular flexibility index (Phi) is 7.14. The number of rotatable bonds is 8. The number of carbonyl (C=O) groups excluding carboxylic acids is 1. The number of benzene rings is 1. The zero-order chi connectivity index (χ0) is 15.9. The molecular formula is C14H21ClN2O3S. The van der Waals surface area contributed by atoms with Gasteiger partial charge in [-0.15, -0.1) is 11.6 Å². The minimum Gasteiger partial charge on any atom is -0.326 e. The van der Waals surface area contributed by atoms with Crippen LogP contribution >= 0.6 is 11.6 Å². The first-order valence-electron chi connectivity index (χ1n) is 6.87. The van der Waals surface area contributed by atoms with Gasteiger partial charge < -0.3 is 5.32 Å². The van der Waals surface area contributed by atoms with Crippen LogP contribution in [0.1, 0.15) is 33.1 Å². The van der Waals surface area contributed by atoms with Gasteiger partial charge in [-0.05, 0) is 44.0 Å². The molecule has 0 saturated carbocycles. The smallest absolute Gasteiger partial charge is 0.240 e. The van der Waals surface area contributed by atoms with E-state index < -0.39 is 10.0 Å². The molecule has 1 unspecified atom stereocenters. The second-order valence-corrected chi connectivity index (χ2v) is 6.89. The Hall–Kier alpha value is -1.11. The van der Waals surface area contributed by atoms with Gasteiger partial charge in [0.05, 0.1) is 4.90 Å². The van der Waals surface area contributed by atoms with E-state index in [9.17, 15) is 13.2 Å². The molecule has 1 atom stereocenters. The highest BCUT2D eigenvalue weighted by Crippen LogP contribution is 2.15. The zero-order valence-electron chi connectivity index (χ0n) is 12.2. The summed E-state index contributed by atoms with van der Waals surface area (Å²) in [6.45, 7) is 3.72. The molecule has 1 rings (SSSR count). The summed E-state index contributed by atoms with van der Waals surface area (Å²) in [6, 6.07) is 5.97. The molecule has 0 heterocycles. The molecule has 0 aliphatic carbocycles. The standard InChI is InChI=1S/C14H21ClN2O3S/c1-3-11(2)17-21(19,20)13-8-6-12(7-9-13)16-14(18)5-4-10-15/h6-9,11,17H,3-5,10H2,1-2H3,(H,16,18). The van der Waals surface area contributed by atoms with Crippen LogP contribution in [0.3, 0.4) is 0 Å². The predicted octanol–water partition coefficient (Wildman–Crippen LogP) is 2.72. The van der Waals surface area contributed by atoms with Gasteiger partial charge in [-0.25, -0.2) is 13.1 Å². The molecule has 0 aliphatic rings. The molecule has 0 bridgehead atoms. The maximum atomic E-state index is 12.1. The topological polar surface area (TPSA) is 75.3 Å². The minimum atomic E-state index is -3.51. The van der Waals surface area contributed by atoms with Crippen molar-refractivity contribution in [3.8, 4) is 0 Å². The Morgan fingerprint density at radius 2 is 1.90 bits per heavy atom. The van der Waals surface area contributed by atoms with Crippen LogP contribution in [0.25, 0.3) is 0 Å². The minimum absolute atomic E-state index is 0.120. The molecule has 0 spiro atoms. The first-order valence-corrected chi connectivity index (χ1v) is 8.89. The summed E-state index contributed by atoms with van der Waals surface area (Å²) >= 11 is 5.52. The van der Waals surface area contributed by atoms with Gasteiger partial charge in [-0.3, -0.25) is 4.79 Å². The molecule has 0 saturated heterocycles. The average Bonchev–Trinajstić information content (AvgIpc) is 2.45. The van der Waals surface area contributed by atoms with Crippen LogP contribution in [0.5, 0.6) is 0 Å². The molecule has 118 valence electrons. The molecule has 1 aromatic carbocycles. The molecule has 5 nitrogen and oxygen atoms in total. The van der Waals surface area contributed by atoms with Crippen molar-refractivity contribution in [1.29, 1.82) is 0 Å². The lowest BCUT2D eigenvalue weighted by atomic mass is 10.3. The quantitative estimate of drug-likeness (QED) is 0.719. The van der Waals surface area contributed by atoms with Crippen molar-refractivity contribution in [2.45, 2.75) is 44.0 Å². The Balaban J connectivity index is 2.71. The van der Waals surface area contributed by atoms with Crippen LogP contribution in [-0.2, 0) is 14.8 Å². The monoisotopic (exact) mass is 332 g/mol. The number of nitrogens with one attached hydrogen (secondary N) is 2. The van der Waals surface area contributed by atoms with Crippen molar-refractivity contribution in [1.82, 2.24) is 4.72 Å². The van der Waals surface area contributed by atoms with Gasteiger partial charge >= 0.3 is 0 Å². The lowest BCUT2D eigenvalue weighted by Crippen LogP contribution is -2.31. The van der Waals surface area contributed by atoms with Gasteiger partial charge in [-0.2, -0.15) is 0 Å². The fourth-order valence-electron chi connectivity index (χ4n) is 1.58. The summed E-state index contributed by atoms with van der Waals surface area (Å²) in [5, 5.41) is 2.69. The van der Waals surface area contributed by atoms with E-state index in [2.05, 4.69) is 10.0 Å². The number of alkyl halides is 1. The van der Waals surface area contributed by atoms with Crippen LogP contribution in [0.2, 0.25) is 0 Å².